The average molecular weight is 232 g/mol. The lowest BCUT2D eigenvalue weighted by Crippen LogP contribution is -2.24. The van der Waals surface area contributed by atoms with Gasteiger partial charge in [0.15, 0.2) is 0 Å². The van der Waals surface area contributed by atoms with Crippen molar-refractivity contribution >= 4 is 11.6 Å². The number of amides is 1. The van der Waals surface area contributed by atoms with Crippen molar-refractivity contribution in [3.05, 3.63) is 23.8 Å². The van der Waals surface area contributed by atoms with Crippen LogP contribution in [-0.2, 0) is 0 Å². The fraction of sp³-hybridized carbons (Fsp3) is 0.308. The van der Waals surface area contributed by atoms with Crippen LogP contribution in [0.5, 0.6) is 5.75 Å². The molecule has 4 nitrogen and oxygen atoms in total. The van der Waals surface area contributed by atoms with Gasteiger partial charge in [0.1, 0.15) is 12.4 Å². The van der Waals surface area contributed by atoms with Crippen LogP contribution in [0.15, 0.2) is 18.2 Å². The van der Waals surface area contributed by atoms with Crippen LogP contribution in [-0.4, -0.2) is 19.1 Å². The molecule has 0 fully saturated rings. The molecule has 1 rings (SSSR count). The molecule has 0 aliphatic carbocycles. The standard InChI is InChI=1S/C13H16N2O2/c1-3-7-15-13(16)11-9-10(14)5-6-12(11)17-8-4-2/h2,5-6,9H,3,7-8,14H2,1H3,(H,15,16). The molecule has 3 N–H and O–H groups in total. The number of benzene rings is 1. The van der Waals surface area contributed by atoms with Crippen LogP contribution in [0.25, 0.3) is 0 Å². The van der Waals surface area contributed by atoms with E-state index in [2.05, 4.69) is 11.2 Å². The van der Waals surface area contributed by atoms with Crippen LogP contribution >= 0.6 is 0 Å². The predicted octanol–water partition coefficient (Wildman–Crippen LogP) is 1.42. The molecule has 0 aliphatic rings. The first-order valence-corrected chi connectivity index (χ1v) is 5.43. The van der Waals surface area contributed by atoms with Gasteiger partial charge in [0.2, 0.25) is 0 Å². The zero-order valence-corrected chi connectivity index (χ0v) is 9.82. The van der Waals surface area contributed by atoms with Crippen molar-refractivity contribution in [1.29, 1.82) is 0 Å². The van der Waals surface area contributed by atoms with Gasteiger partial charge in [0, 0.05) is 12.2 Å². The highest BCUT2D eigenvalue weighted by Gasteiger charge is 2.12. The van der Waals surface area contributed by atoms with Gasteiger partial charge in [0.25, 0.3) is 5.91 Å². The van der Waals surface area contributed by atoms with Crippen molar-refractivity contribution in [2.75, 3.05) is 18.9 Å². The summed E-state index contributed by atoms with van der Waals surface area (Å²) in [5, 5.41) is 2.77. The molecule has 0 atom stereocenters. The lowest BCUT2D eigenvalue weighted by atomic mass is 10.1. The molecule has 90 valence electrons. The molecule has 4 heteroatoms. The number of rotatable bonds is 5. The summed E-state index contributed by atoms with van der Waals surface area (Å²) in [4.78, 5) is 11.8. The van der Waals surface area contributed by atoms with Gasteiger partial charge in [-0.05, 0) is 24.6 Å². The van der Waals surface area contributed by atoms with Gasteiger partial charge in [-0.15, -0.1) is 6.42 Å². The maximum Gasteiger partial charge on any atom is 0.255 e. The third-order valence-corrected chi connectivity index (χ3v) is 2.09. The number of nitrogens with one attached hydrogen (secondary N) is 1. The summed E-state index contributed by atoms with van der Waals surface area (Å²) in [7, 11) is 0. The molecule has 1 aromatic rings. The van der Waals surface area contributed by atoms with Crippen molar-refractivity contribution in [3.8, 4) is 18.1 Å². The molecule has 0 spiro atoms. The van der Waals surface area contributed by atoms with Crippen molar-refractivity contribution in [2.24, 2.45) is 0 Å². The molecule has 0 aliphatic heterocycles. The first kappa shape index (κ1) is 12.9. The van der Waals surface area contributed by atoms with E-state index in [1.165, 1.54) is 0 Å². The van der Waals surface area contributed by atoms with Crippen LogP contribution in [0.1, 0.15) is 23.7 Å². The highest BCUT2D eigenvalue weighted by Crippen LogP contribution is 2.21. The fourth-order valence-corrected chi connectivity index (χ4v) is 1.30. The largest absolute Gasteiger partial charge is 0.480 e. The normalized spacial score (nSPS) is 9.41. The molecule has 0 heterocycles. The first-order valence-electron chi connectivity index (χ1n) is 5.43. The van der Waals surface area contributed by atoms with Crippen LogP contribution < -0.4 is 15.8 Å². The number of ether oxygens (including phenoxy) is 1. The number of terminal acetylenes is 1. The number of carbonyl (C=O) groups excluding carboxylic acids is 1. The Labute approximate surface area is 101 Å². The minimum atomic E-state index is -0.203. The van der Waals surface area contributed by atoms with Gasteiger partial charge in [-0.3, -0.25) is 4.79 Å². The third kappa shape index (κ3) is 3.72. The number of carbonyl (C=O) groups is 1. The predicted molar refractivity (Wildman–Crippen MR) is 67.8 cm³/mol. The van der Waals surface area contributed by atoms with Gasteiger partial charge in [-0.25, -0.2) is 0 Å². The molecule has 0 bridgehead atoms. The molecule has 0 saturated heterocycles. The molecule has 0 radical (unpaired) electrons. The van der Waals surface area contributed by atoms with E-state index in [1.54, 1.807) is 18.2 Å². The Bertz CT molecular complexity index is 436. The topological polar surface area (TPSA) is 64.3 Å². The van der Waals surface area contributed by atoms with E-state index in [-0.39, 0.29) is 12.5 Å². The second-order valence-corrected chi connectivity index (χ2v) is 3.50. The molecule has 1 aromatic carbocycles. The van der Waals surface area contributed by atoms with Crippen molar-refractivity contribution in [1.82, 2.24) is 5.32 Å². The second-order valence-electron chi connectivity index (χ2n) is 3.50. The van der Waals surface area contributed by atoms with Crippen LogP contribution in [0.4, 0.5) is 5.69 Å². The Balaban J connectivity index is 2.90. The average Bonchev–Trinajstić information content (AvgIpc) is 2.34. The Morgan fingerprint density at radius 1 is 1.59 bits per heavy atom. The monoisotopic (exact) mass is 232 g/mol. The quantitative estimate of drug-likeness (QED) is 0.596. The summed E-state index contributed by atoms with van der Waals surface area (Å²) in [5.41, 5.74) is 6.57. The molecule has 0 aromatic heterocycles. The second kappa shape index (κ2) is 6.44. The van der Waals surface area contributed by atoms with Crippen molar-refractivity contribution < 1.29 is 9.53 Å². The number of hydrogen-bond acceptors (Lipinski definition) is 3. The Morgan fingerprint density at radius 3 is 3.00 bits per heavy atom. The Hall–Kier alpha value is -2.15. The SMILES string of the molecule is C#CCOc1ccc(N)cc1C(=O)NCCC. The number of nitrogens with two attached hydrogens (primary N) is 1. The van der Waals surface area contributed by atoms with Gasteiger partial charge in [-0.2, -0.15) is 0 Å². The fourth-order valence-electron chi connectivity index (χ4n) is 1.30. The van der Waals surface area contributed by atoms with E-state index in [9.17, 15) is 4.79 Å². The van der Waals surface area contributed by atoms with Crippen molar-refractivity contribution in [2.45, 2.75) is 13.3 Å². The third-order valence-electron chi connectivity index (χ3n) is 2.09. The van der Waals surface area contributed by atoms with Gasteiger partial charge in [0.05, 0.1) is 5.56 Å². The molecule has 17 heavy (non-hydrogen) atoms. The zero-order valence-electron chi connectivity index (χ0n) is 9.82. The maximum absolute atomic E-state index is 11.8. The summed E-state index contributed by atoms with van der Waals surface area (Å²) in [6.07, 6.45) is 5.98. The highest BCUT2D eigenvalue weighted by atomic mass is 16.5. The summed E-state index contributed by atoms with van der Waals surface area (Å²) < 4.78 is 5.29. The highest BCUT2D eigenvalue weighted by molar-refractivity contribution is 5.97. The Kier molecular flexibility index (Phi) is 4.89. The summed E-state index contributed by atoms with van der Waals surface area (Å²) in [6.45, 7) is 2.72. The smallest absolute Gasteiger partial charge is 0.255 e. The van der Waals surface area contributed by atoms with Crippen molar-refractivity contribution in [3.63, 3.8) is 0 Å². The molecule has 0 unspecified atom stereocenters. The Morgan fingerprint density at radius 2 is 2.35 bits per heavy atom. The first-order chi connectivity index (χ1) is 8.19. The molecule has 1 amide bonds. The lowest BCUT2D eigenvalue weighted by molar-refractivity contribution is 0.0950. The minimum Gasteiger partial charge on any atom is -0.480 e. The van der Waals surface area contributed by atoms with E-state index in [0.717, 1.165) is 6.42 Å². The zero-order chi connectivity index (χ0) is 12.7. The van der Waals surface area contributed by atoms with E-state index in [4.69, 9.17) is 16.9 Å². The van der Waals surface area contributed by atoms with E-state index in [1.807, 2.05) is 6.92 Å². The molecule has 0 saturated carbocycles. The number of anilines is 1. The van der Waals surface area contributed by atoms with Gasteiger partial charge < -0.3 is 15.8 Å². The minimum absolute atomic E-state index is 0.123. The summed E-state index contributed by atoms with van der Waals surface area (Å²) in [5.74, 6) is 2.60. The molecular formula is C13H16N2O2. The van der Waals surface area contributed by atoms with Crippen LogP contribution in [0.3, 0.4) is 0 Å². The van der Waals surface area contributed by atoms with Crippen LogP contribution in [0.2, 0.25) is 0 Å². The number of hydrogen-bond donors (Lipinski definition) is 2. The van der Waals surface area contributed by atoms with E-state index < -0.39 is 0 Å². The molecular weight excluding hydrogens is 216 g/mol. The van der Waals surface area contributed by atoms with E-state index in [0.29, 0.717) is 23.5 Å². The lowest BCUT2D eigenvalue weighted by Gasteiger charge is -2.10. The number of nitrogen functional groups attached to an aromatic ring is 1. The van der Waals surface area contributed by atoms with Gasteiger partial charge in [-0.1, -0.05) is 12.8 Å². The summed E-state index contributed by atoms with van der Waals surface area (Å²) >= 11 is 0. The summed E-state index contributed by atoms with van der Waals surface area (Å²) in [6, 6.07) is 4.90. The van der Waals surface area contributed by atoms with E-state index >= 15 is 0 Å². The van der Waals surface area contributed by atoms with Crippen LogP contribution in [0, 0.1) is 12.3 Å². The maximum atomic E-state index is 11.8. The van der Waals surface area contributed by atoms with Gasteiger partial charge >= 0.3 is 0 Å².